The Labute approximate surface area is 167 Å². The molecular weight excluding hydrogens is 348 g/mol. The first kappa shape index (κ1) is 19.0. The van der Waals surface area contributed by atoms with Gasteiger partial charge in [0, 0.05) is 31.9 Å². The number of amides is 1. The molecule has 0 spiro atoms. The molecule has 2 atom stereocenters. The van der Waals surface area contributed by atoms with Crippen molar-refractivity contribution in [3.05, 3.63) is 65.2 Å². The molecule has 0 aromatic heterocycles. The number of likely N-dealkylation sites (N-methyl/N-ethyl adjacent to an activating group) is 1. The summed E-state index contributed by atoms with van der Waals surface area (Å²) < 4.78 is 0. The first-order valence-corrected chi connectivity index (χ1v) is 10.3. The van der Waals surface area contributed by atoms with E-state index in [9.17, 15) is 4.79 Å². The Bertz CT molecular complexity index is 815. The van der Waals surface area contributed by atoms with Crippen molar-refractivity contribution < 1.29 is 4.79 Å². The lowest BCUT2D eigenvalue weighted by Gasteiger charge is -2.38. The monoisotopic (exact) mass is 378 g/mol. The summed E-state index contributed by atoms with van der Waals surface area (Å²) in [5.41, 5.74) is 10.3. The van der Waals surface area contributed by atoms with Gasteiger partial charge in [0.1, 0.15) is 6.04 Å². The highest BCUT2D eigenvalue weighted by atomic mass is 16.2. The second-order valence-electron chi connectivity index (χ2n) is 8.06. The van der Waals surface area contributed by atoms with Crippen LogP contribution in [0.1, 0.15) is 41.6 Å². The Hall–Kier alpha value is -2.37. The van der Waals surface area contributed by atoms with Crippen molar-refractivity contribution >= 4 is 11.6 Å². The molecule has 0 saturated carbocycles. The van der Waals surface area contributed by atoms with Crippen molar-refractivity contribution in [1.82, 2.24) is 15.1 Å². The van der Waals surface area contributed by atoms with Crippen molar-refractivity contribution in [1.29, 1.82) is 0 Å². The predicted molar refractivity (Wildman–Crippen MR) is 113 cm³/mol. The van der Waals surface area contributed by atoms with Crippen LogP contribution >= 0.6 is 0 Å². The number of anilines is 1. The standard InChI is InChI=1S/C23H30N4O/c1-26-12-14-27(15-13-26)22(17-6-3-2-4-7-17)23(28)25-21-9-5-8-18-16-19(24)10-11-20(18)21/h2-4,6-7,10-11,16,21-22H,5,8-9,12-15,24H2,1H3,(H,25,28). The summed E-state index contributed by atoms with van der Waals surface area (Å²) in [7, 11) is 2.14. The third-order valence-corrected chi connectivity index (χ3v) is 6.06. The van der Waals surface area contributed by atoms with Crippen molar-refractivity contribution in [2.45, 2.75) is 31.3 Å². The number of carbonyl (C=O) groups excluding carboxylic acids is 1. The number of piperazine rings is 1. The van der Waals surface area contributed by atoms with Crippen LogP contribution in [0.5, 0.6) is 0 Å². The average Bonchev–Trinajstić information content (AvgIpc) is 2.70. The summed E-state index contributed by atoms with van der Waals surface area (Å²) >= 11 is 0. The Balaban J connectivity index is 1.57. The van der Waals surface area contributed by atoms with E-state index in [-0.39, 0.29) is 18.0 Å². The molecule has 3 N–H and O–H groups in total. The van der Waals surface area contributed by atoms with Crippen LogP contribution in [0.3, 0.4) is 0 Å². The van der Waals surface area contributed by atoms with Crippen LogP contribution in [0.25, 0.3) is 0 Å². The zero-order chi connectivity index (χ0) is 19.5. The number of nitrogens with two attached hydrogens (primary N) is 1. The predicted octanol–water partition coefficient (Wildman–Crippen LogP) is 2.75. The summed E-state index contributed by atoms with van der Waals surface area (Å²) in [6.07, 6.45) is 3.09. The minimum atomic E-state index is -0.242. The molecule has 1 aliphatic carbocycles. The molecule has 1 aliphatic heterocycles. The molecule has 148 valence electrons. The Morgan fingerprint density at radius 3 is 2.61 bits per heavy atom. The second-order valence-corrected chi connectivity index (χ2v) is 8.06. The van der Waals surface area contributed by atoms with Gasteiger partial charge in [0.15, 0.2) is 0 Å². The Morgan fingerprint density at radius 1 is 1.11 bits per heavy atom. The number of benzene rings is 2. The molecule has 2 aliphatic rings. The van der Waals surface area contributed by atoms with Gasteiger partial charge in [-0.15, -0.1) is 0 Å². The SMILES string of the molecule is CN1CCN(C(C(=O)NC2CCCc3cc(N)ccc32)c2ccccc2)CC1. The molecule has 0 bridgehead atoms. The maximum absolute atomic E-state index is 13.5. The number of aryl methyl sites for hydroxylation is 1. The topological polar surface area (TPSA) is 61.6 Å². The number of carbonyl (C=O) groups is 1. The van der Waals surface area contributed by atoms with Crippen LogP contribution in [-0.2, 0) is 11.2 Å². The van der Waals surface area contributed by atoms with Crippen LogP contribution in [0.15, 0.2) is 48.5 Å². The highest BCUT2D eigenvalue weighted by Gasteiger charge is 2.32. The molecule has 5 heteroatoms. The summed E-state index contributed by atoms with van der Waals surface area (Å²) in [5.74, 6) is 0.102. The molecule has 2 aromatic rings. The number of nitrogens with one attached hydrogen (secondary N) is 1. The fourth-order valence-electron chi connectivity index (χ4n) is 4.48. The molecule has 1 amide bonds. The number of hydrogen-bond acceptors (Lipinski definition) is 4. The largest absolute Gasteiger partial charge is 0.399 e. The van der Waals surface area contributed by atoms with E-state index < -0.39 is 0 Å². The number of rotatable bonds is 4. The van der Waals surface area contributed by atoms with Crippen LogP contribution in [0.4, 0.5) is 5.69 Å². The smallest absolute Gasteiger partial charge is 0.242 e. The van der Waals surface area contributed by atoms with E-state index in [0.29, 0.717) is 0 Å². The van der Waals surface area contributed by atoms with E-state index in [0.717, 1.165) is 56.7 Å². The molecule has 1 heterocycles. The van der Waals surface area contributed by atoms with Gasteiger partial charge in [0.2, 0.25) is 5.91 Å². The number of hydrogen-bond donors (Lipinski definition) is 2. The molecule has 0 radical (unpaired) electrons. The Morgan fingerprint density at radius 2 is 1.86 bits per heavy atom. The maximum Gasteiger partial charge on any atom is 0.242 e. The van der Waals surface area contributed by atoms with E-state index in [1.807, 2.05) is 24.3 Å². The molecule has 2 unspecified atom stereocenters. The van der Waals surface area contributed by atoms with Gasteiger partial charge in [0.05, 0.1) is 6.04 Å². The highest BCUT2D eigenvalue weighted by molar-refractivity contribution is 5.83. The summed E-state index contributed by atoms with van der Waals surface area (Å²) in [6, 6.07) is 16.1. The van der Waals surface area contributed by atoms with Gasteiger partial charge in [-0.1, -0.05) is 36.4 Å². The molecule has 1 saturated heterocycles. The lowest BCUT2D eigenvalue weighted by molar-refractivity contribution is -0.128. The van der Waals surface area contributed by atoms with Gasteiger partial charge in [-0.25, -0.2) is 0 Å². The summed E-state index contributed by atoms with van der Waals surface area (Å²) in [5, 5.41) is 3.37. The molecular formula is C23H30N4O. The van der Waals surface area contributed by atoms with Gasteiger partial charge in [0.25, 0.3) is 0 Å². The van der Waals surface area contributed by atoms with Crippen molar-refractivity contribution in [3.8, 4) is 0 Å². The fourth-order valence-corrected chi connectivity index (χ4v) is 4.48. The fraction of sp³-hybridized carbons (Fsp3) is 0.435. The first-order valence-electron chi connectivity index (χ1n) is 10.3. The normalized spacial score (nSPS) is 21.7. The minimum Gasteiger partial charge on any atom is -0.399 e. The Kier molecular flexibility index (Phi) is 5.64. The molecule has 28 heavy (non-hydrogen) atoms. The second kappa shape index (κ2) is 8.33. The highest BCUT2D eigenvalue weighted by Crippen LogP contribution is 2.32. The molecule has 1 fully saturated rings. The van der Waals surface area contributed by atoms with Crippen LogP contribution < -0.4 is 11.1 Å². The van der Waals surface area contributed by atoms with E-state index in [1.54, 1.807) is 0 Å². The third-order valence-electron chi connectivity index (χ3n) is 6.06. The molecule has 2 aromatic carbocycles. The number of nitrogen functional groups attached to an aromatic ring is 1. The first-order chi connectivity index (χ1) is 13.6. The minimum absolute atomic E-state index is 0.0653. The van der Waals surface area contributed by atoms with Gasteiger partial charge in [-0.05, 0) is 55.1 Å². The van der Waals surface area contributed by atoms with E-state index in [4.69, 9.17) is 5.73 Å². The summed E-state index contributed by atoms with van der Waals surface area (Å²) in [6.45, 7) is 3.78. The van der Waals surface area contributed by atoms with Crippen LogP contribution in [0, 0.1) is 0 Å². The van der Waals surface area contributed by atoms with E-state index in [2.05, 4.69) is 46.4 Å². The number of fused-ring (bicyclic) bond motifs is 1. The van der Waals surface area contributed by atoms with Crippen LogP contribution in [0.2, 0.25) is 0 Å². The lowest BCUT2D eigenvalue weighted by atomic mass is 9.87. The quantitative estimate of drug-likeness (QED) is 0.803. The van der Waals surface area contributed by atoms with Gasteiger partial charge >= 0.3 is 0 Å². The van der Waals surface area contributed by atoms with Gasteiger partial charge in [-0.3, -0.25) is 9.69 Å². The van der Waals surface area contributed by atoms with Crippen molar-refractivity contribution in [3.63, 3.8) is 0 Å². The van der Waals surface area contributed by atoms with Crippen LogP contribution in [-0.4, -0.2) is 48.9 Å². The van der Waals surface area contributed by atoms with E-state index >= 15 is 0 Å². The zero-order valence-electron chi connectivity index (χ0n) is 16.6. The average molecular weight is 379 g/mol. The molecule has 4 rings (SSSR count). The zero-order valence-corrected chi connectivity index (χ0v) is 16.6. The van der Waals surface area contributed by atoms with Crippen molar-refractivity contribution in [2.24, 2.45) is 0 Å². The molecule has 5 nitrogen and oxygen atoms in total. The van der Waals surface area contributed by atoms with Gasteiger partial charge < -0.3 is 16.0 Å². The maximum atomic E-state index is 13.5. The summed E-state index contributed by atoms with van der Waals surface area (Å²) in [4.78, 5) is 18.1. The van der Waals surface area contributed by atoms with E-state index in [1.165, 1.54) is 11.1 Å². The van der Waals surface area contributed by atoms with Crippen molar-refractivity contribution in [2.75, 3.05) is 39.0 Å². The lowest BCUT2D eigenvalue weighted by Crippen LogP contribution is -2.50. The third kappa shape index (κ3) is 4.05. The number of nitrogens with zero attached hydrogens (tertiary/aromatic N) is 2. The van der Waals surface area contributed by atoms with Gasteiger partial charge in [-0.2, -0.15) is 0 Å².